The third kappa shape index (κ3) is 4.90. The fourth-order valence-corrected chi connectivity index (χ4v) is 5.87. The van der Waals surface area contributed by atoms with Gasteiger partial charge in [-0.15, -0.1) is 0 Å². The number of amides is 2. The van der Waals surface area contributed by atoms with E-state index in [-0.39, 0.29) is 17.6 Å². The van der Waals surface area contributed by atoms with Crippen LogP contribution in [-0.2, 0) is 4.79 Å². The van der Waals surface area contributed by atoms with Crippen LogP contribution < -0.4 is 10.6 Å². The molecule has 196 valence electrons. The van der Waals surface area contributed by atoms with E-state index in [0.29, 0.717) is 51.7 Å². The molecule has 1 saturated carbocycles. The fourth-order valence-electron chi connectivity index (χ4n) is 5.87. The van der Waals surface area contributed by atoms with Gasteiger partial charge in [-0.2, -0.15) is 0 Å². The number of fused-ring (bicyclic) bond motifs is 1. The lowest BCUT2D eigenvalue weighted by molar-refractivity contribution is -0.110. The van der Waals surface area contributed by atoms with Gasteiger partial charge in [0.1, 0.15) is 5.82 Å². The van der Waals surface area contributed by atoms with Crippen molar-refractivity contribution < 1.29 is 14.0 Å². The lowest BCUT2D eigenvalue weighted by Crippen LogP contribution is -2.25. The average Bonchev–Trinajstić information content (AvgIpc) is 3.69. The predicted molar refractivity (Wildman–Crippen MR) is 153 cm³/mol. The van der Waals surface area contributed by atoms with Crippen LogP contribution in [0, 0.1) is 11.7 Å². The molecule has 1 aliphatic heterocycles. The fraction of sp³-hybridized carbons (Fsp3) is 0.212. The lowest BCUT2D eigenvalue weighted by Gasteiger charge is -2.11. The van der Waals surface area contributed by atoms with Crippen molar-refractivity contribution in [3.8, 4) is 22.3 Å². The van der Waals surface area contributed by atoms with Crippen LogP contribution in [0.15, 0.2) is 79.0 Å². The highest BCUT2D eigenvalue weighted by atomic mass is 19.1. The monoisotopic (exact) mass is 519 g/mol. The molecule has 5 nitrogen and oxygen atoms in total. The van der Waals surface area contributed by atoms with E-state index >= 15 is 0 Å². The Morgan fingerprint density at radius 2 is 1.67 bits per heavy atom. The normalized spacial score (nSPS) is 15.9. The van der Waals surface area contributed by atoms with Gasteiger partial charge in [0.15, 0.2) is 0 Å². The van der Waals surface area contributed by atoms with Gasteiger partial charge in [0.05, 0.1) is 11.1 Å². The van der Waals surface area contributed by atoms with Crippen molar-refractivity contribution in [3.63, 3.8) is 0 Å². The number of H-pyrrole nitrogens is 1. The van der Waals surface area contributed by atoms with Crippen LogP contribution in [0.3, 0.4) is 0 Å². The van der Waals surface area contributed by atoms with Gasteiger partial charge in [-0.3, -0.25) is 9.59 Å². The van der Waals surface area contributed by atoms with E-state index in [9.17, 15) is 14.0 Å². The van der Waals surface area contributed by atoms with Gasteiger partial charge < -0.3 is 15.6 Å². The van der Waals surface area contributed by atoms with Crippen LogP contribution in [0.2, 0.25) is 0 Å². The number of aromatic nitrogens is 1. The number of rotatable bonds is 7. The first-order valence-corrected chi connectivity index (χ1v) is 13.6. The van der Waals surface area contributed by atoms with E-state index in [1.54, 1.807) is 30.5 Å². The van der Waals surface area contributed by atoms with Gasteiger partial charge in [-0.25, -0.2) is 4.39 Å². The Balaban J connectivity index is 1.40. The highest BCUT2D eigenvalue weighted by Crippen LogP contribution is 2.42. The number of benzene rings is 3. The molecule has 0 bridgehead atoms. The minimum absolute atomic E-state index is 0.143. The van der Waals surface area contributed by atoms with Crippen molar-refractivity contribution in [2.45, 2.75) is 32.1 Å². The number of anilines is 1. The number of halogens is 1. The number of nitrogens with one attached hydrogen (secondary N) is 3. The quantitative estimate of drug-likeness (QED) is 0.224. The topological polar surface area (TPSA) is 74.0 Å². The van der Waals surface area contributed by atoms with Crippen LogP contribution in [0.4, 0.5) is 10.1 Å². The average molecular weight is 520 g/mol. The zero-order chi connectivity index (χ0) is 26.8. The van der Waals surface area contributed by atoms with E-state index < -0.39 is 0 Å². The summed E-state index contributed by atoms with van der Waals surface area (Å²) in [6.45, 7) is 0.640. The van der Waals surface area contributed by atoms with Crippen molar-refractivity contribution in [2.75, 3.05) is 11.9 Å². The van der Waals surface area contributed by atoms with Gasteiger partial charge in [0, 0.05) is 40.8 Å². The second kappa shape index (κ2) is 10.7. The molecule has 2 amide bonds. The molecule has 1 aliphatic carbocycles. The van der Waals surface area contributed by atoms with Crippen molar-refractivity contribution in [2.24, 2.45) is 5.92 Å². The molecular weight excluding hydrogens is 489 g/mol. The maximum absolute atomic E-state index is 14.8. The number of carbonyl (C=O) groups excluding carboxylic acids is 2. The zero-order valence-corrected chi connectivity index (χ0v) is 21.6. The van der Waals surface area contributed by atoms with Crippen LogP contribution in [0.1, 0.15) is 53.7 Å². The summed E-state index contributed by atoms with van der Waals surface area (Å²) in [6.07, 6.45) is 9.50. The number of carbonyl (C=O) groups is 2. The molecule has 6 rings (SSSR count). The van der Waals surface area contributed by atoms with E-state index in [0.717, 1.165) is 17.5 Å². The maximum Gasteiger partial charge on any atom is 0.256 e. The second-order valence-corrected chi connectivity index (χ2v) is 10.3. The van der Waals surface area contributed by atoms with Crippen molar-refractivity contribution in [1.29, 1.82) is 0 Å². The third-order valence-corrected chi connectivity index (χ3v) is 7.81. The molecule has 0 saturated heterocycles. The summed E-state index contributed by atoms with van der Waals surface area (Å²) in [5.41, 5.74) is 5.51. The third-order valence-electron chi connectivity index (χ3n) is 7.81. The molecule has 6 heteroatoms. The van der Waals surface area contributed by atoms with E-state index in [2.05, 4.69) is 15.6 Å². The number of aromatic amines is 1. The number of hydrogen-bond acceptors (Lipinski definition) is 2. The standard InChI is InChI=1S/C33H30FN3O2/c34-27-15-7-6-13-23(27)24-14-8-16-28-31(24)25(33(39)37-28)19-29-30(22-11-2-1-3-12-22)26(20-36-29)32(38)35-18-17-21-9-4-5-10-21/h1-3,6-8,11-16,19-21,36H,4-5,9-10,17-18H2,(H,35,38)(H,37,39). The molecule has 2 aliphatic rings. The smallest absolute Gasteiger partial charge is 0.256 e. The molecule has 3 N–H and O–H groups in total. The molecule has 39 heavy (non-hydrogen) atoms. The Bertz CT molecular complexity index is 1570. The minimum Gasteiger partial charge on any atom is -0.360 e. The van der Waals surface area contributed by atoms with Crippen molar-refractivity contribution >= 4 is 29.2 Å². The Kier molecular flexibility index (Phi) is 6.84. The predicted octanol–water partition coefficient (Wildman–Crippen LogP) is 7.29. The summed E-state index contributed by atoms with van der Waals surface area (Å²) in [4.78, 5) is 29.8. The van der Waals surface area contributed by atoms with Crippen molar-refractivity contribution in [1.82, 2.24) is 10.3 Å². The summed E-state index contributed by atoms with van der Waals surface area (Å²) in [5.74, 6) is -0.0814. The van der Waals surface area contributed by atoms with Gasteiger partial charge in [0.25, 0.3) is 11.8 Å². The summed E-state index contributed by atoms with van der Waals surface area (Å²) >= 11 is 0. The molecule has 0 atom stereocenters. The van der Waals surface area contributed by atoms with Gasteiger partial charge in [0.2, 0.25) is 0 Å². The highest BCUT2D eigenvalue weighted by Gasteiger charge is 2.29. The van der Waals surface area contributed by atoms with Crippen LogP contribution in [-0.4, -0.2) is 23.3 Å². The summed E-state index contributed by atoms with van der Waals surface area (Å²) in [6, 6.07) is 21.7. The SMILES string of the molecule is O=C1Nc2cccc(-c3ccccc3F)c2C1=Cc1[nH]cc(C(=O)NCCC2CCCC2)c1-c1ccccc1. The molecule has 0 radical (unpaired) electrons. The minimum atomic E-state index is -0.356. The molecule has 3 aromatic carbocycles. The first-order chi connectivity index (χ1) is 19.1. The summed E-state index contributed by atoms with van der Waals surface area (Å²) in [5, 5.41) is 6.02. The van der Waals surface area contributed by atoms with Gasteiger partial charge in [-0.1, -0.05) is 86.3 Å². The molecule has 1 fully saturated rings. The Hall–Kier alpha value is -4.45. The van der Waals surface area contributed by atoms with E-state index in [1.165, 1.54) is 31.7 Å². The Morgan fingerprint density at radius 3 is 2.46 bits per heavy atom. The molecular formula is C33H30FN3O2. The van der Waals surface area contributed by atoms with Crippen LogP contribution in [0.25, 0.3) is 33.9 Å². The molecule has 4 aromatic rings. The van der Waals surface area contributed by atoms with E-state index in [4.69, 9.17) is 0 Å². The molecule has 2 heterocycles. The van der Waals surface area contributed by atoms with Crippen LogP contribution in [0.5, 0.6) is 0 Å². The first kappa shape index (κ1) is 24.9. The first-order valence-electron chi connectivity index (χ1n) is 13.6. The lowest BCUT2D eigenvalue weighted by atomic mass is 9.93. The zero-order valence-electron chi connectivity index (χ0n) is 21.6. The van der Waals surface area contributed by atoms with E-state index in [1.807, 2.05) is 48.5 Å². The van der Waals surface area contributed by atoms with Crippen molar-refractivity contribution in [3.05, 3.63) is 102 Å². The Morgan fingerprint density at radius 1 is 0.923 bits per heavy atom. The molecule has 0 unspecified atom stereocenters. The summed E-state index contributed by atoms with van der Waals surface area (Å²) in [7, 11) is 0. The van der Waals surface area contributed by atoms with Gasteiger partial charge in [-0.05, 0) is 41.7 Å². The second-order valence-electron chi connectivity index (χ2n) is 10.3. The molecule has 0 spiro atoms. The summed E-state index contributed by atoms with van der Waals surface area (Å²) < 4.78 is 14.8. The number of hydrogen-bond donors (Lipinski definition) is 3. The Labute approximate surface area is 227 Å². The van der Waals surface area contributed by atoms with Crippen LogP contribution >= 0.6 is 0 Å². The van der Waals surface area contributed by atoms with Gasteiger partial charge >= 0.3 is 0 Å². The largest absolute Gasteiger partial charge is 0.360 e. The maximum atomic E-state index is 14.8. The highest BCUT2D eigenvalue weighted by molar-refractivity contribution is 6.36. The molecule has 1 aromatic heterocycles.